The van der Waals surface area contributed by atoms with E-state index in [0.29, 0.717) is 18.0 Å². The molecule has 4 heteroatoms. The van der Waals surface area contributed by atoms with Crippen molar-refractivity contribution in [2.75, 3.05) is 0 Å². The van der Waals surface area contributed by atoms with Crippen molar-refractivity contribution in [1.29, 1.82) is 0 Å². The zero-order valence-corrected chi connectivity index (χ0v) is 16.9. The highest BCUT2D eigenvalue weighted by Gasteiger charge is 2.37. The number of piperidine rings is 1. The number of carbonyl (C=O) groups excluding carboxylic acids is 1. The largest absolute Gasteiger partial charge is 0.331 e. The van der Waals surface area contributed by atoms with Gasteiger partial charge in [-0.2, -0.15) is 0 Å². The Bertz CT molecular complexity index is 956. The van der Waals surface area contributed by atoms with Crippen LogP contribution in [0.4, 0.5) is 0 Å². The summed E-state index contributed by atoms with van der Waals surface area (Å²) in [4.78, 5) is 15.0. The average molecular weight is 410 g/mol. The molecule has 0 N–H and O–H groups in total. The summed E-state index contributed by atoms with van der Waals surface area (Å²) in [5.74, 6) is 0.364. The molecule has 4 rings (SSSR count). The van der Waals surface area contributed by atoms with Crippen molar-refractivity contribution < 1.29 is 4.79 Å². The van der Waals surface area contributed by atoms with Crippen LogP contribution in [0, 0.1) is 0 Å². The molecular formula is C24H21Cl2NO. The summed E-state index contributed by atoms with van der Waals surface area (Å²) in [5.41, 5.74) is 3.39. The molecule has 2 nitrogen and oxygen atoms in total. The predicted octanol–water partition coefficient (Wildman–Crippen LogP) is 6.64. The molecule has 28 heavy (non-hydrogen) atoms. The minimum absolute atomic E-state index is 0.0582. The summed E-state index contributed by atoms with van der Waals surface area (Å²) in [6.07, 6.45) is 1.34. The zero-order valence-electron chi connectivity index (χ0n) is 15.4. The lowest BCUT2D eigenvalue weighted by atomic mass is 9.79. The molecule has 0 unspecified atom stereocenters. The van der Waals surface area contributed by atoms with E-state index in [1.165, 1.54) is 0 Å². The van der Waals surface area contributed by atoms with E-state index < -0.39 is 0 Å². The highest BCUT2D eigenvalue weighted by molar-refractivity contribution is 6.30. The Labute approximate surface area is 175 Å². The standard InChI is InChI=1S/C24H21Cl2NO/c25-20-11-9-18(10-12-20)24-22(19-7-4-8-21(26)15-19)13-14-23(28)27(24)16-17-5-2-1-3-6-17/h1-12,15,22,24H,13-14,16H2/t22-,24-/m1/s1. The van der Waals surface area contributed by atoms with E-state index in [9.17, 15) is 4.79 Å². The Morgan fingerprint density at radius 2 is 1.57 bits per heavy atom. The van der Waals surface area contributed by atoms with Gasteiger partial charge < -0.3 is 4.90 Å². The van der Waals surface area contributed by atoms with Crippen LogP contribution in [-0.4, -0.2) is 10.8 Å². The van der Waals surface area contributed by atoms with Crippen LogP contribution >= 0.6 is 23.2 Å². The van der Waals surface area contributed by atoms with E-state index in [0.717, 1.165) is 28.1 Å². The number of hydrogen-bond acceptors (Lipinski definition) is 1. The molecular weight excluding hydrogens is 389 g/mol. The molecule has 0 saturated carbocycles. The molecule has 142 valence electrons. The minimum atomic E-state index is -0.0582. The van der Waals surface area contributed by atoms with Crippen molar-refractivity contribution in [2.24, 2.45) is 0 Å². The van der Waals surface area contributed by atoms with E-state index in [-0.39, 0.29) is 17.9 Å². The third kappa shape index (κ3) is 4.09. The topological polar surface area (TPSA) is 20.3 Å². The van der Waals surface area contributed by atoms with Gasteiger partial charge in [-0.25, -0.2) is 0 Å². The van der Waals surface area contributed by atoms with Crippen LogP contribution < -0.4 is 0 Å². The van der Waals surface area contributed by atoms with Gasteiger partial charge in [0.25, 0.3) is 0 Å². The van der Waals surface area contributed by atoms with Crippen molar-refractivity contribution in [3.63, 3.8) is 0 Å². The molecule has 0 bridgehead atoms. The van der Waals surface area contributed by atoms with Gasteiger partial charge in [0.1, 0.15) is 0 Å². The number of halogens is 2. The normalized spacial score (nSPS) is 19.6. The Hall–Kier alpha value is -2.29. The lowest BCUT2D eigenvalue weighted by Crippen LogP contribution is -2.41. The van der Waals surface area contributed by atoms with E-state index in [2.05, 4.69) is 18.2 Å². The number of hydrogen-bond donors (Lipinski definition) is 0. The fraction of sp³-hybridized carbons (Fsp3) is 0.208. The number of amides is 1. The van der Waals surface area contributed by atoms with Gasteiger partial charge in [-0.3, -0.25) is 4.79 Å². The van der Waals surface area contributed by atoms with Gasteiger partial charge >= 0.3 is 0 Å². The Kier molecular flexibility index (Phi) is 5.70. The Morgan fingerprint density at radius 3 is 2.29 bits per heavy atom. The van der Waals surface area contributed by atoms with Crippen LogP contribution in [0.5, 0.6) is 0 Å². The third-order valence-corrected chi connectivity index (χ3v) is 5.88. The van der Waals surface area contributed by atoms with Gasteiger partial charge in [-0.1, -0.05) is 77.8 Å². The molecule has 2 atom stereocenters. The van der Waals surface area contributed by atoms with Gasteiger partial charge in [0.15, 0.2) is 0 Å². The van der Waals surface area contributed by atoms with Gasteiger partial charge in [0, 0.05) is 28.9 Å². The van der Waals surface area contributed by atoms with Crippen LogP contribution in [0.1, 0.15) is 41.5 Å². The maximum Gasteiger partial charge on any atom is 0.223 e. The SMILES string of the molecule is O=C1CC[C@H](c2cccc(Cl)c2)[C@@H](c2ccc(Cl)cc2)N1Cc1ccccc1. The molecule has 1 aliphatic rings. The predicted molar refractivity (Wildman–Crippen MR) is 115 cm³/mol. The van der Waals surface area contributed by atoms with Crippen molar-refractivity contribution >= 4 is 29.1 Å². The van der Waals surface area contributed by atoms with Crippen LogP contribution in [0.15, 0.2) is 78.9 Å². The van der Waals surface area contributed by atoms with Crippen LogP contribution in [0.25, 0.3) is 0 Å². The number of rotatable bonds is 4. The molecule has 1 aliphatic heterocycles. The molecule has 1 saturated heterocycles. The molecule has 3 aromatic rings. The molecule has 3 aromatic carbocycles. The van der Waals surface area contributed by atoms with Crippen LogP contribution in [-0.2, 0) is 11.3 Å². The molecule has 0 radical (unpaired) electrons. The number of nitrogens with zero attached hydrogens (tertiary/aromatic N) is 1. The summed E-state index contributed by atoms with van der Waals surface area (Å²) >= 11 is 12.4. The van der Waals surface area contributed by atoms with Crippen molar-refractivity contribution in [3.8, 4) is 0 Å². The van der Waals surface area contributed by atoms with Crippen LogP contribution in [0.2, 0.25) is 10.0 Å². The maximum atomic E-state index is 13.0. The first-order valence-corrected chi connectivity index (χ1v) is 10.2. The quantitative estimate of drug-likeness (QED) is 0.472. The molecule has 0 aliphatic carbocycles. The zero-order chi connectivity index (χ0) is 19.5. The molecule has 1 amide bonds. The van der Waals surface area contributed by atoms with E-state index >= 15 is 0 Å². The van der Waals surface area contributed by atoms with Crippen molar-refractivity contribution in [2.45, 2.75) is 31.3 Å². The van der Waals surface area contributed by atoms with Gasteiger partial charge in [0.2, 0.25) is 5.91 Å². The maximum absolute atomic E-state index is 13.0. The Morgan fingerprint density at radius 1 is 0.821 bits per heavy atom. The smallest absolute Gasteiger partial charge is 0.223 e. The van der Waals surface area contributed by atoms with Gasteiger partial charge in [-0.05, 0) is 47.4 Å². The second-order valence-electron chi connectivity index (χ2n) is 7.20. The lowest BCUT2D eigenvalue weighted by Gasteiger charge is -2.42. The molecule has 0 spiro atoms. The lowest BCUT2D eigenvalue weighted by molar-refractivity contribution is -0.138. The van der Waals surface area contributed by atoms with Crippen LogP contribution in [0.3, 0.4) is 0 Å². The average Bonchev–Trinajstić information content (AvgIpc) is 2.71. The fourth-order valence-corrected chi connectivity index (χ4v) is 4.40. The summed E-state index contributed by atoms with van der Waals surface area (Å²) in [6, 6.07) is 25.9. The highest BCUT2D eigenvalue weighted by atomic mass is 35.5. The highest BCUT2D eigenvalue weighted by Crippen LogP contribution is 2.44. The fourth-order valence-electron chi connectivity index (χ4n) is 4.08. The van der Waals surface area contributed by atoms with E-state index in [1.807, 2.05) is 65.6 Å². The summed E-state index contributed by atoms with van der Waals surface area (Å²) < 4.78 is 0. The first-order valence-electron chi connectivity index (χ1n) is 9.46. The summed E-state index contributed by atoms with van der Waals surface area (Å²) in [5, 5.41) is 1.42. The second kappa shape index (κ2) is 8.38. The van der Waals surface area contributed by atoms with Crippen molar-refractivity contribution in [3.05, 3.63) is 106 Å². The molecule has 1 heterocycles. The first kappa shape index (κ1) is 19.0. The number of carbonyl (C=O) groups is 1. The van der Waals surface area contributed by atoms with Gasteiger partial charge in [-0.15, -0.1) is 0 Å². The third-order valence-electron chi connectivity index (χ3n) is 5.39. The monoisotopic (exact) mass is 409 g/mol. The first-order chi connectivity index (χ1) is 13.6. The molecule has 0 aromatic heterocycles. The Balaban J connectivity index is 1.77. The van der Waals surface area contributed by atoms with E-state index in [4.69, 9.17) is 23.2 Å². The van der Waals surface area contributed by atoms with Crippen molar-refractivity contribution in [1.82, 2.24) is 4.90 Å². The second-order valence-corrected chi connectivity index (χ2v) is 8.08. The number of likely N-dealkylation sites (tertiary alicyclic amines) is 1. The summed E-state index contributed by atoms with van der Waals surface area (Å²) in [6.45, 7) is 0.587. The number of benzene rings is 3. The minimum Gasteiger partial charge on any atom is -0.331 e. The molecule has 1 fully saturated rings. The summed E-state index contributed by atoms with van der Waals surface area (Å²) in [7, 11) is 0. The van der Waals surface area contributed by atoms with E-state index in [1.54, 1.807) is 0 Å². The van der Waals surface area contributed by atoms with Gasteiger partial charge in [0.05, 0.1) is 6.04 Å².